The van der Waals surface area contributed by atoms with Crippen LogP contribution in [0.25, 0.3) is 0 Å². The number of ether oxygens (including phenoxy) is 4. The highest BCUT2D eigenvalue weighted by molar-refractivity contribution is 7.92. The molecule has 0 unspecified atom stereocenters. The number of hydrogen-bond acceptors (Lipinski definition) is 7. The Morgan fingerprint density at radius 3 is 2.47 bits per heavy atom. The van der Waals surface area contributed by atoms with Crippen LogP contribution in [0.3, 0.4) is 0 Å². The Morgan fingerprint density at radius 2 is 1.75 bits per heavy atom. The molecule has 36 heavy (non-hydrogen) atoms. The van der Waals surface area contributed by atoms with Gasteiger partial charge in [0.25, 0.3) is 15.9 Å². The van der Waals surface area contributed by atoms with Crippen molar-refractivity contribution in [2.24, 2.45) is 0 Å². The van der Waals surface area contributed by atoms with Gasteiger partial charge >= 0.3 is 0 Å². The summed E-state index contributed by atoms with van der Waals surface area (Å²) in [5.74, 6) is 1.53. The van der Waals surface area contributed by atoms with Crippen LogP contribution in [0, 0.1) is 0 Å². The van der Waals surface area contributed by atoms with Gasteiger partial charge in [0.05, 0.1) is 37.9 Å². The van der Waals surface area contributed by atoms with Crippen LogP contribution in [0.5, 0.6) is 23.0 Å². The largest absolute Gasteiger partial charge is 0.497 e. The number of halogens is 1. The monoisotopic (exact) mass is 532 g/mol. The van der Waals surface area contributed by atoms with Crippen LogP contribution >= 0.6 is 11.6 Å². The molecule has 4 rings (SSSR count). The number of carbonyl (C=O) groups excluding carboxylic acids is 1. The predicted molar refractivity (Wildman–Crippen MR) is 135 cm³/mol. The van der Waals surface area contributed by atoms with Crippen molar-refractivity contribution in [1.29, 1.82) is 0 Å². The fourth-order valence-corrected chi connectivity index (χ4v) is 5.25. The lowest BCUT2D eigenvalue weighted by molar-refractivity contribution is -0.127. The number of nitrogens with zero attached hydrogens (tertiary/aromatic N) is 1. The van der Waals surface area contributed by atoms with Crippen molar-refractivity contribution < 1.29 is 32.2 Å². The topological polar surface area (TPSA) is 103 Å². The van der Waals surface area contributed by atoms with Crippen molar-refractivity contribution in [3.8, 4) is 23.0 Å². The summed E-state index contributed by atoms with van der Waals surface area (Å²) in [6, 6.07) is 17.7. The fraction of sp³-hybridized carbons (Fsp3) is 0.240. The lowest BCUT2D eigenvalue weighted by atomic mass is 10.2. The number of fused-ring (bicyclic) bond motifs is 1. The van der Waals surface area contributed by atoms with Crippen molar-refractivity contribution in [3.05, 3.63) is 71.8 Å². The zero-order chi connectivity index (χ0) is 25.7. The summed E-state index contributed by atoms with van der Waals surface area (Å²) in [5, 5.41) is 3.07. The van der Waals surface area contributed by atoms with E-state index >= 15 is 0 Å². The molecule has 9 nitrogen and oxygen atoms in total. The van der Waals surface area contributed by atoms with Gasteiger partial charge in [-0.1, -0.05) is 17.7 Å². The predicted octanol–water partition coefficient (Wildman–Crippen LogP) is 3.51. The summed E-state index contributed by atoms with van der Waals surface area (Å²) < 4.78 is 49.9. The Labute approximate surface area is 214 Å². The van der Waals surface area contributed by atoms with Gasteiger partial charge in [-0.25, -0.2) is 8.42 Å². The van der Waals surface area contributed by atoms with Crippen molar-refractivity contribution in [3.63, 3.8) is 0 Å². The minimum absolute atomic E-state index is 0.0435. The lowest BCUT2D eigenvalue weighted by Gasteiger charge is -2.34. The van der Waals surface area contributed by atoms with Crippen LogP contribution < -0.4 is 28.6 Å². The number of hydrogen-bond donors (Lipinski definition) is 1. The van der Waals surface area contributed by atoms with Gasteiger partial charge in [-0.05, 0) is 54.6 Å². The van der Waals surface area contributed by atoms with E-state index in [1.807, 2.05) is 0 Å². The lowest BCUT2D eigenvalue weighted by Crippen LogP contribution is -2.51. The molecule has 0 fully saturated rings. The molecule has 1 N–H and O–H groups in total. The number of methoxy groups -OCH3 is 2. The molecule has 1 heterocycles. The molecule has 0 radical (unpaired) electrons. The molecular formula is C25H25ClN2O7S. The Bertz CT molecular complexity index is 1330. The molecule has 0 saturated carbocycles. The standard InChI is InChI=1S/C25H25ClN2O7S/c1-32-18-7-9-21(10-8-18)36(30,31)28-16-24(35-23-11-6-17(26)14-22(23)28)25(29)27-12-13-34-20-5-3-4-19(15-20)33-2/h3-11,14-15,24H,12-13,16H2,1-2H3,(H,27,29)/t24-/m1/s1. The summed E-state index contributed by atoms with van der Waals surface area (Å²) in [6.07, 6.45) is -1.08. The van der Waals surface area contributed by atoms with E-state index in [9.17, 15) is 13.2 Å². The number of rotatable bonds is 9. The summed E-state index contributed by atoms with van der Waals surface area (Å²) in [6.45, 7) is 0.157. The van der Waals surface area contributed by atoms with Gasteiger partial charge in [0.1, 0.15) is 29.6 Å². The van der Waals surface area contributed by atoms with E-state index < -0.39 is 22.0 Å². The van der Waals surface area contributed by atoms with Crippen LogP contribution in [0.2, 0.25) is 5.02 Å². The molecule has 3 aromatic carbocycles. The molecule has 0 aliphatic carbocycles. The summed E-state index contributed by atoms with van der Waals surface area (Å²) in [7, 11) is -0.971. The Balaban J connectivity index is 1.48. The third kappa shape index (κ3) is 5.60. The first-order chi connectivity index (χ1) is 17.3. The fourth-order valence-electron chi connectivity index (χ4n) is 3.61. The van der Waals surface area contributed by atoms with Gasteiger partial charge in [0.15, 0.2) is 6.10 Å². The third-order valence-electron chi connectivity index (χ3n) is 5.44. The van der Waals surface area contributed by atoms with Gasteiger partial charge in [-0.3, -0.25) is 9.10 Å². The first-order valence-electron chi connectivity index (χ1n) is 11.0. The van der Waals surface area contributed by atoms with E-state index in [2.05, 4.69) is 5.32 Å². The molecule has 0 aromatic heterocycles. The maximum absolute atomic E-state index is 13.5. The van der Waals surface area contributed by atoms with Crippen LogP contribution in [-0.4, -0.2) is 54.3 Å². The second-order valence-electron chi connectivity index (χ2n) is 7.75. The minimum Gasteiger partial charge on any atom is -0.497 e. The highest BCUT2D eigenvalue weighted by Gasteiger charge is 2.37. The SMILES string of the molecule is COc1ccc(S(=O)(=O)N2C[C@H](C(=O)NCCOc3cccc(OC)c3)Oc3ccc(Cl)cc32)cc1. The number of anilines is 1. The molecule has 3 aromatic rings. The number of sulfonamides is 1. The smallest absolute Gasteiger partial charge is 0.264 e. The maximum atomic E-state index is 13.5. The molecular weight excluding hydrogens is 508 g/mol. The summed E-state index contributed by atoms with van der Waals surface area (Å²) >= 11 is 6.14. The summed E-state index contributed by atoms with van der Waals surface area (Å²) in [4.78, 5) is 12.9. The quantitative estimate of drug-likeness (QED) is 0.421. The number of nitrogens with one attached hydrogen (secondary N) is 1. The van der Waals surface area contributed by atoms with E-state index in [-0.39, 0.29) is 36.0 Å². The highest BCUT2D eigenvalue weighted by Crippen LogP contribution is 2.39. The summed E-state index contributed by atoms with van der Waals surface area (Å²) in [5.41, 5.74) is 0.253. The number of amides is 1. The zero-order valence-electron chi connectivity index (χ0n) is 19.6. The molecule has 1 atom stereocenters. The van der Waals surface area contributed by atoms with E-state index in [0.717, 1.165) is 4.31 Å². The molecule has 11 heteroatoms. The van der Waals surface area contributed by atoms with E-state index in [0.29, 0.717) is 22.3 Å². The van der Waals surface area contributed by atoms with Gasteiger partial charge in [0.2, 0.25) is 0 Å². The van der Waals surface area contributed by atoms with Gasteiger partial charge < -0.3 is 24.3 Å². The normalized spacial score (nSPS) is 14.9. The molecule has 0 saturated heterocycles. The van der Waals surface area contributed by atoms with Gasteiger partial charge in [-0.15, -0.1) is 0 Å². The molecule has 1 amide bonds. The van der Waals surface area contributed by atoms with Crippen LogP contribution in [0.1, 0.15) is 0 Å². The van der Waals surface area contributed by atoms with Crippen molar-refractivity contribution in [2.75, 3.05) is 38.2 Å². The second kappa shape index (κ2) is 11.0. The zero-order valence-corrected chi connectivity index (χ0v) is 21.2. The van der Waals surface area contributed by atoms with E-state index in [1.165, 1.54) is 25.3 Å². The average Bonchev–Trinajstić information content (AvgIpc) is 2.90. The maximum Gasteiger partial charge on any atom is 0.264 e. The second-order valence-corrected chi connectivity index (χ2v) is 10.0. The van der Waals surface area contributed by atoms with Crippen molar-refractivity contribution in [1.82, 2.24) is 5.32 Å². The molecule has 0 spiro atoms. The van der Waals surface area contributed by atoms with Gasteiger partial charge in [0, 0.05) is 11.1 Å². The molecule has 0 bridgehead atoms. The van der Waals surface area contributed by atoms with Crippen molar-refractivity contribution >= 4 is 33.2 Å². The Hall–Kier alpha value is -3.63. The first kappa shape index (κ1) is 25.5. The third-order valence-corrected chi connectivity index (χ3v) is 7.47. The molecule has 190 valence electrons. The Kier molecular flexibility index (Phi) is 7.76. The van der Waals surface area contributed by atoms with Crippen LogP contribution in [0.4, 0.5) is 5.69 Å². The van der Waals surface area contributed by atoms with Gasteiger partial charge in [-0.2, -0.15) is 0 Å². The first-order valence-corrected chi connectivity index (χ1v) is 12.8. The van der Waals surface area contributed by atoms with E-state index in [1.54, 1.807) is 55.6 Å². The number of carbonyl (C=O) groups is 1. The molecule has 1 aliphatic rings. The Morgan fingerprint density at radius 1 is 1.03 bits per heavy atom. The highest BCUT2D eigenvalue weighted by atomic mass is 35.5. The van der Waals surface area contributed by atoms with E-state index in [4.69, 9.17) is 30.5 Å². The number of benzene rings is 3. The van der Waals surface area contributed by atoms with Crippen molar-refractivity contribution in [2.45, 2.75) is 11.0 Å². The average molecular weight is 533 g/mol. The molecule has 1 aliphatic heterocycles. The van der Waals surface area contributed by atoms with Crippen LogP contribution in [0.15, 0.2) is 71.6 Å². The van der Waals surface area contributed by atoms with Crippen LogP contribution in [-0.2, 0) is 14.8 Å². The minimum atomic E-state index is -4.03.